The summed E-state index contributed by atoms with van der Waals surface area (Å²) in [4.78, 5) is 28.9. The maximum Gasteiger partial charge on any atom is 0.253 e. The van der Waals surface area contributed by atoms with Crippen molar-refractivity contribution in [1.82, 2.24) is 9.80 Å². The van der Waals surface area contributed by atoms with Crippen LogP contribution >= 0.6 is 0 Å². The van der Waals surface area contributed by atoms with Crippen molar-refractivity contribution in [3.63, 3.8) is 0 Å². The zero-order valence-corrected chi connectivity index (χ0v) is 15.4. The predicted octanol–water partition coefficient (Wildman–Crippen LogP) is 1.80. The molecule has 2 amide bonds. The first kappa shape index (κ1) is 20.3. The maximum atomic E-state index is 13.1. The van der Waals surface area contributed by atoms with E-state index in [0.29, 0.717) is 45.0 Å². The van der Waals surface area contributed by atoms with Gasteiger partial charge in [-0.15, -0.1) is 0 Å². The van der Waals surface area contributed by atoms with E-state index in [0.717, 1.165) is 12.8 Å². The summed E-state index contributed by atoms with van der Waals surface area (Å²) in [5.74, 6) is -0.749. The number of nitrogens with zero attached hydrogens (tertiary/aromatic N) is 2. The fraction of sp³-hybridized carbons (Fsp3) is 0.579. The van der Waals surface area contributed by atoms with Crippen LogP contribution in [0.2, 0.25) is 0 Å². The number of amides is 2. The van der Waals surface area contributed by atoms with Gasteiger partial charge in [0.25, 0.3) is 5.91 Å². The molecule has 1 aliphatic heterocycles. The number of hydrogen-bond donors (Lipinski definition) is 0. The Balaban J connectivity index is 2.01. The second-order valence-electron chi connectivity index (χ2n) is 6.41. The summed E-state index contributed by atoms with van der Waals surface area (Å²) in [5, 5.41) is 0. The number of halogens is 1. The smallest absolute Gasteiger partial charge is 0.253 e. The van der Waals surface area contributed by atoms with Crippen LogP contribution in [0.25, 0.3) is 0 Å². The molecule has 0 saturated carbocycles. The Kier molecular flexibility index (Phi) is 8.00. The number of ether oxygens (including phenoxy) is 2. The average Bonchev–Trinajstić information content (AvgIpc) is 2.68. The Hall–Kier alpha value is -1.99. The lowest BCUT2D eigenvalue weighted by atomic mass is 9.95. The Morgan fingerprint density at radius 1 is 1.15 bits per heavy atom. The molecule has 0 spiro atoms. The SMILES string of the molecule is COCCN(CCOC)C(=O)C1CCCN(C(=O)c2ccc(F)cc2)C1. The Bertz CT molecular complexity index is 586. The molecule has 144 valence electrons. The molecule has 7 heteroatoms. The molecule has 1 aromatic carbocycles. The van der Waals surface area contributed by atoms with Crippen LogP contribution in [0.15, 0.2) is 24.3 Å². The van der Waals surface area contributed by atoms with Gasteiger partial charge < -0.3 is 19.3 Å². The first-order valence-corrected chi connectivity index (χ1v) is 8.88. The Morgan fingerprint density at radius 2 is 1.77 bits per heavy atom. The van der Waals surface area contributed by atoms with Crippen molar-refractivity contribution in [2.24, 2.45) is 5.92 Å². The Labute approximate surface area is 153 Å². The van der Waals surface area contributed by atoms with Crippen LogP contribution in [-0.4, -0.2) is 75.2 Å². The summed E-state index contributed by atoms with van der Waals surface area (Å²) >= 11 is 0. The van der Waals surface area contributed by atoms with E-state index in [9.17, 15) is 14.0 Å². The van der Waals surface area contributed by atoms with E-state index < -0.39 is 0 Å². The van der Waals surface area contributed by atoms with Gasteiger partial charge in [-0.25, -0.2) is 4.39 Å². The van der Waals surface area contributed by atoms with E-state index >= 15 is 0 Å². The molecule has 1 aromatic rings. The number of benzene rings is 1. The van der Waals surface area contributed by atoms with Crippen molar-refractivity contribution in [1.29, 1.82) is 0 Å². The average molecular weight is 366 g/mol. The van der Waals surface area contributed by atoms with Crippen molar-refractivity contribution < 1.29 is 23.5 Å². The van der Waals surface area contributed by atoms with E-state index in [1.807, 2.05) is 0 Å². The number of piperidine rings is 1. The molecule has 1 fully saturated rings. The Morgan fingerprint density at radius 3 is 2.35 bits per heavy atom. The third-order valence-corrected chi connectivity index (χ3v) is 4.59. The lowest BCUT2D eigenvalue weighted by molar-refractivity contribution is -0.138. The fourth-order valence-corrected chi connectivity index (χ4v) is 3.13. The summed E-state index contributed by atoms with van der Waals surface area (Å²) in [6.45, 7) is 2.91. The monoisotopic (exact) mass is 366 g/mol. The van der Waals surface area contributed by atoms with Gasteiger partial charge in [-0.3, -0.25) is 9.59 Å². The van der Waals surface area contributed by atoms with Crippen LogP contribution in [0, 0.1) is 11.7 Å². The zero-order chi connectivity index (χ0) is 18.9. The fourth-order valence-electron chi connectivity index (χ4n) is 3.13. The summed E-state index contributed by atoms with van der Waals surface area (Å²) in [7, 11) is 3.20. The highest BCUT2D eigenvalue weighted by atomic mass is 19.1. The number of likely N-dealkylation sites (tertiary alicyclic amines) is 1. The van der Waals surface area contributed by atoms with E-state index in [2.05, 4.69) is 0 Å². The van der Waals surface area contributed by atoms with Gasteiger partial charge in [0, 0.05) is 46.0 Å². The van der Waals surface area contributed by atoms with Gasteiger partial charge in [-0.1, -0.05) is 0 Å². The van der Waals surface area contributed by atoms with Gasteiger partial charge >= 0.3 is 0 Å². The topological polar surface area (TPSA) is 59.1 Å². The van der Waals surface area contributed by atoms with Crippen molar-refractivity contribution >= 4 is 11.8 Å². The number of methoxy groups -OCH3 is 2. The van der Waals surface area contributed by atoms with Crippen LogP contribution in [0.5, 0.6) is 0 Å². The standard InChI is InChI=1S/C19H27FN2O4/c1-25-12-10-21(11-13-26-2)19(24)16-4-3-9-22(14-16)18(23)15-5-7-17(20)8-6-15/h5-8,16H,3-4,9-14H2,1-2H3. The lowest BCUT2D eigenvalue weighted by Gasteiger charge is -2.35. The molecule has 0 bridgehead atoms. The number of carbonyl (C=O) groups is 2. The van der Waals surface area contributed by atoms with Crippen molar-refractivity contribution in [3.05, 3.63) is 35.6 Å². The lowest BCUT2D eigenvalue weighted by Crippen LogP contribution is -2.48. The molecule has 0 aromatic heterocycles. The second kappa shape index (κ2) is 10.2. The summed E-state index contributed by atoms with van der Waals surface area (Å²) < 4.78 is 23.2. The van der Waals surface area contributed by atoms with E-state index in [1.165, 1.54) is 24.3 Å². The summed E-state index contributed by atoms with van der Waals surface area (Å²) in [6, 6.07) is 5.51. The first-order chi connectivity index (χ1) is 12.6. The molecular formula is C19H27FN2O4. The van der Waals surface area contributed by atoms with Crippen LogP contribution < -0.4 is 0 Å². The number of carbonyl (C=O) groups excluding carboxylic acids is 2. The van der Waals surface area contributed by atoms with Crippen LogP contribution in [-0.2, 0) is 14.3 Å². The predicted molar refractivity (Wildman–Crippen MR) is 95.4 cm³/mol. The van der Waals surface area contributed by atoms with Crippen LogP contribution in [0.4, 0.5) is 4.39 Å². The molecule has 6 nitrogen and oxygen atoms in total. The minimum atomic E-state index is -0.375. The largest absolute Gasteiger partial charge is 0.383 e. The molecule has 26 heavy (non-hydrogen) atoms. The molecule has 1 heterocycles. The summed E-state index contributed by atoms with van der Waals surface area (Å²) in [5.41, 5.74) is 0.440. The van der Waals surface area contributed by atoms with E-state index in [-0.39, 0.29) is 23.5 Å². The van der Waals surface area contributed by atoms with Gasteiger partial charge in [-0.05, 0) is 37.1 Å². The molecule has 1 atom stereocenters. The molecule has 0 aliphatic carbocycles. The van der Waals surface area contributed by atoms with Crippen LogP contribution in [0.1, 0.15) is 23.2 Å². The molecule has 1 aliphatic rings. The maximum absolute atomic E-state index is 13.1. The molecule has 1 saturated heterocycles. The van der Waals surface area contributed by atoms with Gasteiger partial charge in [0.1, 0.15) is 5.82 Å². The minimum absolute atomic E-state index is 0.0238. The van der Waals surface area contributed by atoms with E-state index in [4.69, 9.17) is 9.47 Å². The third-order valence-electron chi connectivity index (χ3n) is 4.59. The highest BCUT2D eigenvalue weighted by Gasteiger charge is 2.31. The molecular weight excluding hydrogens is 339 g/mol. The molecule has 1 unspecified atom stereocenters. The molecule has 0 N–H and O–H groups in total. The van der Waals surface area contributed by atoms with Crippen molar-refractivity contribution in [2.45, 2.75) is 12.8 Å². The minimum Gasteiger partial charge on any atom is -0.383 e. The zero-order valence-electron chi connectivity index (χ0n) is 15.4. The van der Waals surface area contributed by atoms with Crippen molar-refractivity contribution in [3.8, 4) is 0 Å². The van der Waals surface area contributed by atoms with Crippen LogP contribution in [0.3, 0.4) is 0 Å². The van der Waals surface area contributed by atoms with Gasteiger partial charge in [0.2, 0.25) is 5.91 Å². The first-order valence-electron chi connectivity index (χ1n) is 8.88. The highest BCUT2D eigenvalue weighted by Crippen LogP contribution is 2.21. The molecule has 2 rings (SSSR count). The quantitative estimate of drug-likeness (QED) is 0.704. The normalized spacial score (nSPS) is 17.2. The van der Waals surface area contributed by atoms with Gasteiger partial charge in [0.05, 0.1) is 19.1 Å². The van der Waals surface area contributed by atoms with Gasteiger partial charge in [-0.2, -0.15) is 0 Å². The second-order valence-corrected chi connectivity index (χ2v) is 6.41. The van der Waals surface area contributed by atoms with Crippen molar-refractivity contribution in [2.75, 3.05) is 53.6 Å². The van der Waals surface area contributed by atoms with E-state index in [1.54, 1.807) is 24.0 Å². The highest BCUT2D eigenvalue weighted by molar-refractivity contribution is 5.94. The third kappa shape index (κ3) is 5.51. The summed E-state index contributed by atoms with van der Waals surface area (Å²) in [6.07, 6.45) is 1.52. The number of hydrogen-bond acceptors (Lipinski definition) is 4. The van der Waals surface area contributed by atoms with Gasteiger partial charge in [0.15, 0.2) is 0 Å². The molecule has 0 radical (unpaired) electrons. The number of rotatable bonds is 8.